The van der Waals surface area contributed by atoms with Gasteiger partial charge in [0, 0.05) is 5.56 Å². The van der Waals surface area contributed by atoms with Gasteiger partial charge in [-0.2, -0.15) is 4.98 Å². The molecule has 0 saturated heterocycles. The Morgan fingerprint density at radius 3 is 2.45 bits per heavy atom. The number of benzene rings is 3. The molecule has 5 aromatic rings. The minimum absolute atomic E-state index is 0.0450. The summed E-state index contributed by atoms with van der Waals surface area (Å²) in [5.41, 5.74) is 3.96. The van der Waals surface area contributed by atoms with Crippen LogP contribution in [0.5, 0.6) is 0 Å². The van der Waals surface area contributed by atoms with E-state index >= 15 is 0 Å². The van der Waals surface area contributed by atoms with E-state index in [-0.39, 0.29) is 18.0 Å². The van der Waals surface area contributed by atoms with E-state index in [1.54, 1.807) is 24.3 Å². The lowest BCUT2D eigenvalue weighted by Gasteiger charge is -2.14. The van der Waals surface area contributed by atoms with Crippen LogP contribution in [0.4, 0.5) is 0 Å². The first kappa shape index (κ1) is 20.6. The third kappa shape index (κ3) is 3.57. The van der Waals surface area contributed by atoms with Gasteiger partial charge in [-0.15, -0.1) is 0 Å². The van der Waals surface area contributed by atoms with Crippen molar-refractivity contribution >= 4 is 10.9 Å². The lowest BCUT2D eigenvalue weighted by Crippen LogP contribution is -2.39. The number of fused-ring (bicyclic) bond motifs is 1. The van der Waals surface area contributed by atoms with Crippen LogP contribution in [0.25, 0.3) is 28.0 Å². The SMILES string of the molecule is Cc1ccc(C)c(-n2c(=O)c3ccccc3n(Cc3nc(-c4ccccc4C)no3)c2=O)c1. The van der Waals surface area contributed by atoms with Crippen molar-refractivity contribution in [1.29, 1.82) is 0 Å². The average Bonchev–Trinajstić information content (AvgIpc) is 3.28. The standard InChI is InChI=1S/C26H22N4O3/c1-16-12-13-18(3)22(14-16)30-25(31)20-10-6-7-11-21(20)29(26(30)32)15-23-27-24(28-33-23)19-9-5-4-8-17(19)2/h4-14H,15H2,1-3H3. The zero-order valence-electron chi connectivity index (χ0n) is 18.6. The first-order valence-electron chi connectivity index (χ1n) is 10.6. The van der Waals surface area contributed by atoms with E-state index in [4.69, 9.17) is 4.52 Å². The molecule has 0 amide bonds. The van der Waals surface area contributed by atoms with Gasteiger partial charge >= 0.3 is 5.69 Å². The molecule has 0 N–H and O–H groups in total. The molecular formula is C26H22N4O3. The van der Waals surface area contributed by atoms with Crippen LogP contribution < -0.4 is 11.2 Å². The second-order valence-corrected chi connectivity index (χ2v) is 8.14. The highest BCUT2D eigenvalue weighted by Crippen LogP contribution is 2.21. The molecule has 5 rings (SSSR count). The highest BCUT2D eigenvalue weighted by Gasteiger charge is 2.18. The van der Waals surface area contributed by atoms with Crippen molar-refractivity contribution in [3.05, 3.63) is 110 Å². The third-order valence-electron chi connectivity index (χ3n) is 5.80. The quantitative estimate of drug-likeness (QED) is 0.420. The van der Waals surface area contributed by atoms with Crippen molar-refractivity contribution < 1.29 is 4.52 Å². The van der Waals surface area contributed by atoms with Crippen LogP contribution in [0.2, 0.25) is 0 Å². The van der Waals surface area contributed by atoms with E-state index in [9.17, 15) is 9.59 Å². The zero-order valence-corrected chi connectivity index (χ0v) is 18.6. The molecule has 0 unspecified atom stereocenters. The summed E-state index contributed by atoms with van der Waals surface area (Å²) in [6, 6.07) is 20.5. The molecule has 7 heteroatoms. The van der Waals surface area contributed by atoms with Crippen LogP contribution in [0, 0.1) is 20.8 Å². The van der Waals surface area contributed by atoms with Gasteiger partial charge in [0.1, 0.15) is 6.54 Å². The van der Waals surface area contributed by atoms with Crippen LogP contribution >= 0.6 is 0 Å². The maximum Gasteiger partial charge on any atom is 0.336 e. The molecule has 164 valence electrons. The fourth-order valence-corrected chi connectivity index (χ4v) is 4.03. The predicted octanol–water partition coefficient (Wildman–Crippen LogP) is 4.18. The van der Waals surface area contributed by atoms with Crippen molar-refractivity contribution in [3.63, 3.8) is 0 Å². The molecule has 0 aliphatic rings. The Labute approximate surface area is 189 Å². The van der Waals surface area contributed by atoms with E-state index < -0.39 is 5.69 Å². The minimum Gasteiger partial charge on any atom is -0.337 e. The summed E-state index contributed by atoms with van der Waals surface area (Å²) >= 11 is 0. The Morgan fingerprint density at radius 2 is 1.64 bits per heavy atom. The van der Waals surface area contributed by atoms with Crippen LogP contribution in [0.15, 0.2) is 80.8 Å². The molecule has 33 heavy (non-hydrogen) atoms. The molecule has 2 heterocycles. The van der Waals surface area contributed by atoms with Gasteiger partial charge < -0.3 is 4.52 Å². The number of hydrogen-bond acceptors (Lipinski definition) is 5. The van der Waals surface area contributed by atoms with Crippen LogP contribution in [0.3, 0.4) is 0 Å². The highest BCUT2D eigenvalue weighted by atomic mass is 16.5. The molecule has 0 radical (unpaired) electrons. The van der Waals surface area contributed by atoms with Crippen molar-refractivity contribution in [1.82, 2.24) is 19.3 Å². The Bertz CT molecular complexity index is 1630. The Morgan fingerprint density at radius 1 is 0.879 bits per heavy atom. The normalized spacial score (nSPS) is 11.2. The third-order valence-corrected chi connectivity index (χ3v) is 5.80. The first-order valence-corrected chi connectivity index (χ1v) is 10.6. The molecular weight excluding hydrogens is 416 g/mol. The number of rotatable bonds is 4. The summed E-state index contributed by atoms with van der Waals surface area (Å²) in [6.07, 6.45) is 0. The Hall–Kier alpha value is -4.26. The van der Waals surface area contributed by atoms with E-state index in [2.05, 4.69) is 10.1 Å². The van der Waals surface area contributed by atoms with Gasteiger partial charge in [0.15, 0.2) is 0 Å². The average molecular weight is 438 g/mol. The van der Waals surface area contributed by atoms with Gasteiger partial charge in [-0.25, -0.2) is 9.36 Å². The summed E-state index contributed by atoms with van der Waals surface area (Å²) in [5, 5.41) is 4.55. The van der Waals surface area contributed by atoms with Crippen LogP contribution in [-0.4, -0.2) is 19.3 Å². The predicted molar refractivity (Wildman–Crippen MR) is 127 cm³/mol. The van der Waals surface area contributed by atoms with Crippen molar-refractivity contribution in [2.45, 2.75) is 27.3 Å². The van der Waals surface area contributed by atoms with Crippen molar-refractivity contribution in [3.8, 4) is 17.1 Å². The number of para-hydroxylation sites is 1. The summed E-state index contributed by atoms with van der Waals surface area (Å²) in [4.78, 5) is 31.5. The smallest absolute Gasteiger partial charge is 0.336 e. The van der Waals surface area contributed by atoms with Gasteiger partial charge in [-0.05, 0) is 55.7 Å². The second kappa shape index (κ2) is 8.02. The van der Waals surface area contributed by atoms with Gasteiger partial charge in [0.25, 0.3) is 5.56 Å². The minimum atomic E-state index is -0.456. The number of aromatic nitrogens is 4. The van der Waals surface area contributed by atoms with E-state index in [1.807, 2.05) is 63.2 Å². The maximum absolute atomic E-state index is 13.6. The highest BCUT2D eigenvalue weighted by molar-refractivity contribution is 5.78. The van der Waals surface area contributed by atoms with Crippen LogP contribution in [-0.2, 0) is 6.54 Å². The largest absolute Gasteiger partial charge is 0.337 e. The zero-order chi connectivity index (χ0) is 23.1. The lowest BCUT2D eigenvalue weighted by molar-refractivity contribution is 0.370. The molecule has 0 bridgehead atoms. The summed E-state index contributed by atoms with van der Waals surface area (Å²) < 4.78 is 8.23. The summed E-state index contributed by atoms with van der Waals surface area (Å²) in [6.45, 7) is 5.83. The molecule has 0 atom stereocenters. The van der Waals surface area contributed by atoms with E-state index in [1.165, 1.54) is 9.13 Å². The van der Waals surface area contributed by atoms with Crippen molar-refractivity contribution in [2.24, 2.45) is 0 Å². The van der Waals surface area contributed by atoms with Crippen LogP contribution in [0.1, 0.15) is 22.6 Å². The van der Waals surface area contributed by atoms with E-state index in [0.717, 1.165) is 22.3 Å². The summed E-state index contributed by atoms with van der Waals surface area (Å²) in [7, 11) is 0. The van der Waals surface area contributed by atoms with Gasteiger partial charge in [0.2, 0.25) is 11.7 Å². The monoisotopic (exact) mass is 438 g/mol. The molecule has 3 aromatic carbocycles. The fraction of sp³-hybridized carbons (Fsp3) is 0.154. The number of aryl methyl sites for hydroxylation is 3. The second-order valence-electron chi connectivity index (χ2n) is 8.14. The Kier molecular flexibility index (Phi) is 5.01. The molecule has 0 aliphatic carbocycles. The number of hydrogen-bond donors (Lipinski definition) is 0. The molecule has 0 fully saturated rings. The molecule has 0 saturated carbocycles. The first-order chi connectivity index (χ1) is 15.9. The molecule has 0 aliphatic heterocycles. The molecule has 0 spiro atoms. The summed E-state index contributed by atoms with van der Waals surface area (Å²) in [5.74, 6) is 0.745. The maximum atomic E-state index is 13.6. The van der Waals surface area contributed by atoms with Gasteiger partial charge in [-0.1, -0.05) is 53.7 Å². The molecule has 2 aromatic heterocycles. The topological polar surface area (TPSA) is 82.9 Å². The lowest BCUT2D eigenvalue weighted by atomic mass is 10.1. The fourth-order valence-electron chi connectivity index (χ4n) is 4.03. The van der Waals surface area contributed by atoms with Gasteiger partial charge in [0.05, 0.1) is 16.6 Å². The Balaban J connectivity index is 1.70. The molecule has 7 nitrogen and oxygen atoms in total. The number of nitrogens with zero attached hydrogens (tertiary/aromatic N) is 4. The van der Waals surface area contributed by atoms with Gasteiger partial charge in [-0.3, -0.25) is 9.36 Å². The van der Waals surface area contributed by atoms with Crippen molar-refractivity contribution in [2.75, 3.05) is 0 Å². The van der Waals surface area contributed by atoms with E-state index in [0.29, 0.717) is 22.4 Å².